The second kappa shape index (κ2) is 5.94. The van der Waals surface area contributed by atoms with E-state index in [1.54, 1.807) is 11.8 Å². The molecule has 1 saturated carbocycles. The van der Waals surface area contributed by atoms with Crippen LogP contribution in [0, 0.1) is 11.3 Å². The lowest BCUT2D eigenvalue weighted by Crippen LogP contribution is -2.39. The summed E-state index contributed by atoms with van der Waals surface area (Å²) in [6, 6.07) is 2.38. The van der Waals surface area contributed by atoms with E-state index in [0.29, 0.717) is 11.0 Å². The Labute approximate surface area is 113 Å². The summed E-state index contributed by atoms with van der Waals surface area (Å²) in [5.74, 6) is 0.854. The largest absolute Gasteiger partial charge is 0.342 e. The number of amides is 1. The smallest absolute Gasteiger partial charge is 0.232 e. The van der Waals surface area contributed by atoms with Crippen LogP contribution < -0.4 is 5.32 Å². The van der Waals surface area contributed by atoms with E-state index in [9.17, 15) is 10.1 Å². The zero-order valence-corrected chi connectivity index (χ0v) is 11.8. The molecule has 100 valence electrons. The summed E-state index contributed by atoms with van der Waals surface area (Å²) < 4.78 is 0. The van der Waals surface area contributed by atoms with E-state index in [0.717, 1.165) is 45.2 Å². The van der Waals surface area contributed by atoms with Gasteiger partial charge >= 0.3 is 0 Å². The highest BCUT2D eigenvalue weighted by Gasteiger charge is 2.38. The fourth-order valence-electron chi connectivity index (χ4n) is 2.77. The zero-order valence-electron chi connectivity index (χ0n) is 10.9. The van der Waals surface area contributed by atoms with Crippen LogP contribution in [-0.4, -0.2) is 47.5 Å². The van der Waals surface area contributed by atoms with Gasteiger partial charge in [0, 0.05) is 18.3 Å². The highest BCUT2D eigenvalue weighted by atomic mass is 32.2. The first-order valence-electron chi connectivity index (χ1n) is 6.69. The Bertz CT molecular complexity index is 349. The standard InChI is InChI=1S/C13H21N3OS/c1-15-13(10-14)5-4-11(8-13)18-9-12(17)16-6-2-3-7-16/h11,15H,2-9H2,1H3. The van der Waals surface area contributed by atoms with Gasteiger partial charge in [0.2, 0.25) is 5.91 Å². The van der Waals surface area contributed by atoms with E-state index in [1.165, 1.54) is 0 Å². The molecule has 1 amide bonds. The van der Waals surface area contributed by atoms with Gasteiger partial charge in [0.05, 0.1) is 11.8 Å². The van der Waals surface area contributed by atoms with Crippen LogP contribution in [0.1, 0.15) is 32.1 Å². The molecule has 4 nitrogen and oxygen atoms in total. The predicted molar refractivity (Wildman–Crippen MR) is 73.3 cm³/mol. The van der Waals surface area contributed by atoms with Gasteiger partial charge in [0.25, 0.3) is 0 Å². The number of likely N-dealkylation sites (tertiary alicyclic amines) is 1. The van der Waals surface area contributed by atoms with Gasteiger partial charge in [-0.2, -0.15) is 5.26 Å². The molecule has 2 atom stereocenters. The van der Waals surface area contributed by atoms with Crippen molar-refractivity contribution in [1.29, 1.82) is 5.26 Å². The number of nitriles is 1. The summed E-state index contributed by atoms with van der Waals surface area (Å²) in [6.07, 6.45) is 5.09. The Balaban J connectivity index is 1.75. The minimum absolute atomic E-state index is 0.274. The van der Waals surface area contributed by atoms with Gasteiger partial charge < -0.3 is 10.2 Å². The molecule has 2 unspecified atom stereocenters. The Kier molecular flexibility index (Phi) is 4.52. The number of rotatable bonds is 4. The summed E-state index contributed by atoms with van der Waals surface area (Å²) in [6.45, 7) is 1.87. The van der Waals surface area contributed by atoms with Crippen LogP contribution in [0.4, 0.5) is 0 Å². The first kappa shape index (κ1) is 13.7. The lowest BCUT2D eigenvalue weighted by atomic mass is 10.0. The van der Waals surface area contributed by atoms with E-state index < -0.39 is 0 Å². The maximum atomic E-state index is 11.9. The number of carbonyl (C=O) groups excluding carboxylic acids is 1. The van der Waals surface area contributed by atoms with Crippen LogP contribution in [-0.2, 0) is 4.79 Å². The van der Waals surface area contributed by atoms with Gasteiger partial charge in [0.15, 0.2) is 0 Å². The highest BCUT2D eigenvalue weighted by Crippen LogP contribution is 2.36. The number of hydrogen-bond acceptors (Lipinski definition) is 4. The zero-order chi connectivity index (χ0) is 13.0. The van der Waals surface area contributed by atoms with Crippen LogP contribution in [0.3, 0.4) is 0 Å². The Hall–Kier alpha value is -0.730. The average Bonchev–Trinajstić information content (AvgIpc) is 3.06. The van der Waals surface area contributed by atoms with Crippen molar-refractivity contribution in [2.24, 2.45) is 0 Å². The molecule has 1 N–H and O–H groups in total. The molecule has 0 bridgehead atoms. The van der Waals surface area contributed by atoms with E-state index in [2.05, 4.69) is 11.4 Å². The third-order valence-corrected chi connectivity index (χ3v) is 5.35. The monoisotopic (exact) mass is 267 g/mol. The van der Waals surface area contributed by atoms with Crippen LogP contribution in [0.2, 0.25) is 0 Å². The number of thioether (sulfide) groups is 1. The van der Waals surface area contributed by atoms with Gasteiger partial charge in [0.1, 0.15) is 5.54 Å². The number of nitrogens with one attached hydrogen (secondary N) is 1. The minimum atomic E-state index is -0.353. The van der Waals surface area contributed by atoms with Gasteiger partial charge in [-0.25, -0.2) is 0 Å². The molecule has 0 spiro atoms. The molecule has 2 fully saturated rings. The van der Waals surface area contributed by atoms with Crippen molar-refractivity contribution in [2.45, 2.75) is 42.9 Å². The van der Waals surface area contributed by atoms with Crippen LogP contribution in [0.25, 0.3) is 0 Å². The fourth-order valence-corrected chi connectivity index (χ4v) is 4.02. The average molecular weight is 267 g/mol. The molecule has 0 aromatic heterocycles. The van der Waals surface area contributed by atoms with Crippen molar-refractivity contribution in [3.63, 3.8) is 0 Å². The molecule has 1 heterocycles. The molecule has 2 aliphatic rings. The predicted octanol–water partition coefficient (Wildman–Crippen LogP) is 1.38. The van der Waals surface area contributed by atoms with Crippen molar-refractivity contribution in [3.05, 3.63) is 0 Å². The maximum absolute atomic E-state index is 11.9. The van der Waals surface area contributed by atoms with Gasteiger partial charge in [-0.1, -0.05) is 0 Å². The van der Waals surface area contributed by atoms with Crippen molar-refractivity contribution < 1.29 is 4.79 Å². The lowest BCUT2D eigenvalue weighted by molar-refractivity contribution is -0.127. The second-order valence-corrected chi connectivity index (χ2v) is 6.50. The van der Waals surface area contributed by atoms with Crippen molar-refractivity contribution in [1.82, 2.24) is 10.2 Å². The van der Waals surface area contributed by atoms with E-state index >= 15 is 0 Å². The number of hydrogen-bond donors (Lipinski definition) is 1. The van der Waals surface area contributed by atoms with Crippen molar-refractivity contribution >= 4 is 17.7 Å². The quantitative estimate of drug-likeness (QED) is 0.836. The summed E-state index contributed by atoms with van der Waals surface area (Å²) in [7, 11) is 1.85. The van der Waals surface area contributed by atoms with Crippen LogP contribution in [0.15, 0.2) is 0 Å². The molecule has 1 aliphatic heterocycles. The SMILES string of the molecule is CNC1(C#N)CCC(SCC(=O)N2CCCC2)C1. The summed E-state index contributed by atoms with van der Waals surface area (Å²) in [5.41, 5.74) is -0.353. The first-order valence-corrected chi connectivity index (χ1v) is 7.73. The third kappa shape index (κ3) is 2.99. The van der Waals surface area contributed by atoms with Gasteiger partial charge in [-0.05, 0) is 39.2 Å². The lowest BCUT2D eigenvalue weighted by Gasteiger charge is -2.20. The van der Waals surface area contributed by atoms with E-state index in [4.69, 9.17) is 0 Å². The molecule has 0 aromatic carbocycles. The normalized spacial score (nSPS) is 31.6. The van der Waals surface area contributed by atoms with Crippen LogP contribution in [0.5, 0.6) is 0 Å². The third-order valence-electron chi connectivity index (χ3n) is 4.06. The highest BCUT2D eigenvalue weighted by molar-refractivity contribution is 8.00. The van der Waals surface area contributed by atoms with Crippen LogP contribution >= 0.6 is 11.8 Å². The topological polar surface area (TPSA) is 56.1 Å². The van der Waals surface area contributed by atoms with Gasteiger partial charge in [-0.15, -0.1) is 11.8 Å². The Morgan fingerprint density at radius 2 is 2.28 bits per heavy atom. The fraction of sp³-hybridized carbons (Fsp3) is 0.846. The van der Waals surface area contributed by atoms with Crippen molar-refractivity contribution in [2.75, 3.05) is 25.9 Å². The second-order valence-electron chi connectivity index (χ2n) is 5.21. The maximum Gasteiger partial charge on any atom is 0.232 e. The van der Waals surface area contributed by atoms with E-state index in [-0.39, 0.29) is 11.4 Å². The summed E-state index contributed by atoms with van der Waals surface area (Å²) in [5, 5.41) is 12.8. The first-order chi connectivity index (χ1) is 8.69. The number of carbonyl (C=O) groups is 1. The molecule has 1 aliphatic carbocycles. The minimum Gasteiger partial charge on any atom is -0.342 e. The Morgan fingerprint density at radius 3 is 2.83 bits per heavy atom. The molecule has 0 radical (unpaired) electrons. The van der Waals surface area contributed by atoms with Gasteiger partial charge in [-0.3, -0.25) is 4.79 Å². The molecule has 5 heteroatoms. The summed E-state index contributed by atoms with van der Waals surface area (Å²) >= 11 is 1.73. The Morgan fingerprint density at radius 1 is 1.56 bits per heavy atom. The molecular weight excluding hydrogens is 246 g/mol. The molecule has 18 heavy (non-hydrogen) atoms. The van der Waals surface area contributed by atoms with Crippen molar-refractivity contribution in [3.8, 4) is 6.07 Å². The summed E-state index contributed by atoms with van der Waals surface area (Å²) in [4.78, 5) is 13.9. The molecule has 0 aromatic rings. The molecule has 2 rings (SSSR count). The molecular formula is C13H21N3OS. The van der Waals surface area contributed by atoms with E-state index in [1.807, 2.05) is 11.9 Å². The number of nitrogens with zero attached hydrogens (tertiary/aromatic N) is 2. The molecule has 1 saturated heterocycles.